The molecular weight excluding hydrogens is 452 g/mol. The van der Waals surface area contributed by atoms with Crippen molar-refractivity contribution in [3.8, 4) is 16.9 Å². The highest BCUT2D eigenvalue weighted by Crippen LogP contribution is 2.49. The van der Waals surface area contributed by atoms with E-state index in [1.54, 1.807) is 24.3 Å². The summed E-state index contributed by atoms with van der Waals surface area (Å²) >= 11 is 0. The number of hydrogen-bond acceptors (Lipinski definition) is 1. The summed E-state index contributed by atoms with van der Waals surface area (Å²) in [6.07, 6.45) is 11.4. The third kappa shape index (κ3) is 7.01. The second-order valence-corrected chi connectivity index (χ2v) is 9.92. The third-order valence-electron chi connectivity index (χ3n) is 7.25. The number of halogens is 4. The van der Waals surface area contributed by atoms with Gasteiger partial charge in [-0.3, -0.25) is 0 Å². The highest BCUT2D eigenvalue weighted by molar-refractivity contribution is 5.68. The van der Waals surface area contributed by atoms with Crippen LogP contribution in [-0.4, -0.2) is 6.61 Å². The van der Waals surface area contributed by atoms with E-state index in [1.165, 1.54) is 6.42 Å². The van der Waals surface area contributed by atoms with Crippen LogP contribution in [0.2, 0.25) is 0 Å². The van der Waals surface area contributed by atoms with Gasteiger partial charge in [-0.15, -0.1) is 0 Å². The topological polar surface area (TPSA) is 9.23 Å². The molecule has 0 saturated carbocycles. The summed E-state index contributed by atoms with van der Waals surface area (Å²) < 4.78 is 66.7. The second kappa shape index (κ2) is 13.3. The van der Waals surface area contributed by atoms with Crippen molar-refractivity contribution in [3.05, 3.63) is 53.1 Å². The molecule has 0 fully saturated rings. The predicted octanol–water partition coefficient (Wildman–Crippen LogP) is 10.00. The van der Waals surface area contributed by atoms with Crippen molar-refractivity contribution in [1.82, 2.24) is 0 Å². The molecule has 5 heteroatoms. The second-order valence-electron chi connectivity index (χ2n) is 9.92. The van der Waals surface area contributed by atoms with Crippen molar-refractivity contribution < 1.29 is 22.3 Å². The molecule has 1 unspecified atom stereocenters. The van der Waals surface area contributed by atoms with Gasteiger partial charge in [-0.05, 0) is 55.0 Å². The lowest BCUT2D eigenvalue weighted by molar-refractivity contribution is -0.0797. The van der Waals surface area contributed by atoms with E-state index in [1.807, 2.05) is 0 Å². The number of rotatable bonds is 14. The van der Waals surface area contributed by atoms with Crippen LogP contribution < -0.4 is 4.74 Å². The minimum Gasteiger partial charge on any atom is -0.494 e. The van der Waals surface area contributed by atoms with Gasteiger partial charge in [0.1, 0.15) is 17.4 Å². The smallest absolute Gasteiger partial charge is 0.276 e. The molecule has 1 aliphatic rings. The van der Waals surface area contributed by atoms with Crippen LogP contribution in [0.3, 0.4) is 0 Å². The van der Waals surface area contributed by atoms with E-state index in [0.717, 1.165) is 63.9 Å². The van der Waals surface area contributed by atoms with Crippen LogP contribution >= 0.6 is 0 Å². The summed E-state index contributed by atoms with van der Waals surface area (Å²) in [5.74, 6) is -5.24. The van der Waals surface area contributed by atoms with E-state index in [-0.39, 0.29) is 24.0 Å². The number of unbranched alkanes of at least 4 members (excludes halogenated alkanes) is 8. The molecule has 194 valence electrons. The third-order valence-corrected chi connectivity index (χ3v) is 7.25. The summed E-state index contributed by atoms with van der Waals surface area (Å²) in [6.45, 7) is 4.88. The summed E-state index contributed by atoms with van der Waals surface area (Å²) in [4.78, 5) is 0. The van der Waals surface area contributed by atoms with Gasteiger partial charge in [0.25, 0.3) is 5.92 Å². The van der Waals surface area contributed by atoms with Crippen molar-refractivity contribution in [2.45, 2.75) is 103 Å². The number of alkyl halides is 2. The zero-order chi connectivity index (χ0) is 25.3. The summed E-state index contributed by atoms with van der Waals surface area (Å²) in [6, 6.07) is 7.42. The lowest BCUT2D eigenvalue weighted by Crippen LogP contribution is -2.32. The van der Waals surface area contributed by atoms with E-state index < -0.39 is 29.0 Å². The highest BCUT2D eigenvalue weighted by atomic mass is 19.3. The quantitative estimate of drug-likeness (QED) is 0.188. The van der Waals surface area contributed by atoms with Gasteiger partial charge in [0.2, 0.25) is 0 Å². The van der Waals surface area contributed by atoms with Gasteiger partial charge in [-0.1, -0.05) is 83.8 Å². The Morgan fingerprint density at radius 1 is 0.857 bits per heavy atom. The normalized spacial score (nSPS) is 16.8. The van der Waals surface area contributed by atoms with E-state index >= 15 is 17.6 Å². The first kappa shape index (κ1) is 27.5. The van der Waals surface area contributed by atoms with Crippen molar-refractivity contribution >= 4 is 0 Å². The SMILES string of the molecule is CCCCCCCCC1CCc2c(cc(F)c(-c3ccc(OCCCCCC)cc3)c2F)C1(F)F. The Balaban J connectivity index is 1.69. The summed E-state index contributed by atoms with van der Waals surface area (Å²) in [5, 5.41) is 0. The highest BCUT2D eigenvalue weighted by Gasteiger charge is 2.46. The molecule has 0 aromatic heterocycles. The predicted molar refractivity (Wildman–Crippen MR) is 135 cm³/mol. The van der Waals surface area contributed by atoms with Crippen LogP contribution in [-0.2, 0) is 12.3 Å². The van der Waals surface area contributed by atoms with E-state index in [4.69, 9.17) is 4.74 Å². The Hall–Kier alpha value is -2.04. The van der Waals surface area contributed by atoms with Crippen LogP contribution in [0.4, 0.5) is 17.6 Å². The molecule has 1 nitrogen and oxygen atoms in total. The van der Waals surface area contributed by atoms with Gasteiger partial charge in [0.05, 0.1) is 12.2 Å². The average Bonchev–Trinajstić information content (AvgIpc) is 2.84. The first-order chi connectivity index (χ1) is 16.9. The lowest BCUT2D eigenvalue weighted by Gasteiger charge is -2.34. The van der Waals surface area contributed by atoms with Gasteiger partial charge in [-0.2, -0.15) is 0 Å². The standard InChI is InChI=1S/C30H40F4O/c1-3-5-7-9-10-11-13-23-16-19-25-26(30(23,33)34)21-27(31)28(29(25)32)22-14-17-24(18-15-22)35-20-12-8-6-4-2/h14-15,17-18,21,23H,3-13,16,19-20H2,1-2H3. The molecule has 0 N–H and O–H groups in total. The van der Waals surface area contributed by atoms with E-state index in [0.29, 0.717) is 24.3 Å². The Morgan fingerprint density at radius 3 is 2.17 bits per heavy atom. The minimum absolute atomic E-state index is 0.0400. The van der Waals surface area contributed by atoms with Crippen molar-refractivity contribution in [2.24, 2.45) is 5.92 Å². The van der Waals surface area contributed by atoms with Crippen LogP contribution in [0.25, 0.3) is 11.1 Å². The van der Waals surface area contributed by atoms with Crippen LogP contribution in [0.1, 0.15) is 102 Å². The number of hydrogen-bond donors (Lipinski definition) is 0. The number of fused-ring (bicyclic) bond motifs is 1. The fourth-order valence-electron chi connectivity index (χ4n) is 5.12. The minimum atomic E-state index is -3.22. The monoisotopic (exact) mass is 492 g/mol. The van der Waals surface area contributed by atoms with E-state index in [9.17, 15) is 0 Å². The van der Waals surface area contributed by atoms with Gasteiger partial charge in [-0.25, -0.2) is 17.6 Å². The number of benzene rings is 2. The molecule has 1 aliphatic carbocycles. The van der Waals surface area contributed by atoms with Crippen molar-refractivity contribution in [3.63, 3.8) is 0 Å². The molecule has 0 saturated heterocycles. The number of ether oxygens (including phenoxy) is 1. The molecule has 2 aromatic rings. The summed E-state index contributed by atoms with van der Waals surface area (Å²) in [5.41, 5.74) is -0.408. The van der Waals surface area contributed by atoms with E-state index in [2.05, 4.69) is 13.8 Å². The Labute approximate surface area is 208 Å². The average molecular weight is 493 g/mol. The fraction of sp³-hybridized carbons (Fsp3) is 0.600. The molecule has 0 spiro atoms. The lowest BCUT2D eigenvalue weighted by atomic mass is 9.77. The summed E-state index contributed by atoms with van der Waals surface area (Å²) in [7, 11) is 0. The Morgan fingerprint density at radius 2 is 1.49 bits per heavy atom. The Bertz CT molecular complexity index is 923. The molecule has 1 atom stereocenters. The Kier molecular flexibility index (Phi) is 10.5. The fourth-order valence-corrected chi connectivity index (χ4v) is 5.12. The maximum absolute atomic E-state index is 15.4. The molecule has 2 aromatic carbocycles. The van der Waals surface area contributed by atoms with Crippen LogP contribution in [0.5, 0.6) is 5.75 Å². The van der Waals surface area contributed by atoms with Crippen molar-refractivity contribution in [2.75, 3.05) is 6.61 Å². The maximum atomic E-state index is 15.4. The molecule has 0 bridgehead atoms. The molecule has 0 heterocycles. The molecule has 0 aliphatic heterocycles. The van der Waals surface area contributed by atoms with Crippen molar-refractivity contribution in [1.29, 1.82) is 0 Å². The zero-order valence-corrected chi connectivity index (χ0v) is 21.3. The van der Waals surface area contributed by atoms with Gasteiger partial charge in [0.15, 0.2) is 0 Å². The molecular formula is C30H40F4O. The van der Waals surface area contributed by atoms with Crippen LogP contribution in [0.15, 0.2) is 30.3 Å². The zero-order valence-electron chi connectivity index (χ0n) is 21.3. The maximum Gasteiger partial charge on any atom is 0.276 e. The van der Waals surface area contributed by atoms with Gasteiger partial charge >= 0.3 is 0 Å². The first-order valence-electron chi connectivity index (χ1n) is 13.5. The van der Waals surface area contributed by atoms with Gasteiger partial charge in [0, 0.05) is 11.5 Å². The molecule has 0 amide bonds. The first-order valence-corrected chi connectivity index (χ1v) is 13.5. The van der Waals surface area contributed by atoms with Gasteiger partial charge < -0.3 is 4.74 Å². The molecule has 35 heavy (non-hydrogen) atoms. The van der Waals surface area contributed by atoms with Crippen LogP contribution in [0, 0.1) is 17.6 Å². The largest absolute Gasteiger partial charge is 0.494 e. The molecule has 0 radical (unpaired) electrons. The molecule has 3 rings (SSSR count).